The van der Waals surface area contributed by atoms with Crippen LogP contribution in [-0.2, 0) is 16.1 Å². The average molecular weight is 463 g/mol. The molecule has 34 heavy (non-hydrogen) atoms. The Hall–Kier alpha value is -4.27. The summed E-state index contributed by atoms with van der Waals surface area (Å²) >= 11 is 0. The number of ether oxygens (including phenoxy) is 2. The molecule has 1 N–H and O–H groups in total. The summed E-state index contributed by atoms with van der Waals surface area (Å²) in [4.78, 5) is 38.0. The zero-order valence-corrected chi connectivity index (χ0v) is 19.4. The Kier molecular flexibility index (Phi) is 6.27. The third-order valence-corrected chi connectivity index (χ3v) is 5.50. The fourth-order valence-electron chi connectivity index (χ4n) is 3.89. The van der Waals surface area contributed by atoms with Gasteiger partial charge in [-0.3, -0.25) is 9.69 Å². The summed E-state index contributed by atoms with van der Waals surface area (Å²) in [5.41, 5.74) is 3.83. The van der Waals surface area contributed by atoms with Gasteiger partial charge in [0.25, 0.3) is 5.91 Å². The van der Waals surface area contributed by atoms with Crippen LogP contribution in [0.2, 0.25) is 0 Å². The van der Waals surface area contributed by atoms with Crippen LogP contribution >= 0.6 is 0 Å². The Morgan fingerprint density at radius 1 is 1.12 bits per heavy atom. The number of urea groups is 1. The van der Waals surface area contributed by atoms with Gasteiger partial charge in [-0.2, -0.15) is 0 Å². The number of methoxy groups -OCH3 is 1. The van der Waals surface area contributed by atoms with E-state index in [0.29, 0.717) is 12.4 Å². The maximum atomic E-state index is 12.9. The molecule has 1 aliphatic rings. The van der Waals surface area contributed by atoms with Crippen molar-refractivity contribution in [3.8, 4) is 11.4 Å². The summed E-state index contributed by atoms with van der Waals surface area (Å²) in [6, 6.07) is 12.1. The minimum absolute atomic E-state index is 0.00190. The first-order valence-corrected chi connectivity index (χ1v) is 10.8. The molecule has 0 aliphatic carbocycles. The maximum absolute atomic E-state index is 12.9. The van der Waals surface area contributed by atoms with E-state index in [0.717, 1.165) is 33.3 Å². The first-order chi connectivity index (χ1) is 16.3. The standard InChI is InChI=1S/C25H25N3O6/c1-5-33-19-8-6-18(7-9-19)28-15(2)12-17(16(28)3)13-21-23(29)27(25(31)26-21)14-20-10-11-22(34-20)24(30)32-4/h6-13H,5,14H2,1-4H3,(H,26,31)/b21-13-. The number of nitrogens with zero attached hydrogens (tertiary/aromatic N) is 2. The van der Waals surface area contributed by atoms with E-state index in [1.165, 1.54) is 19.2 Å². The topological polar surface area (TPSA) is 103 Å². The molecule has 2 aromatic heterocycles. The van der Waals surface area contributed by atoms with Crippen molar-refractivity contribution in [1.29, 1.82) is 0 Å². The van der Waals surface area contributed by atoms with Crippen LogP contribution in [0.5, 0.6) is 5.75 Å². The molecule has 0 saturated carbocycles. The van der Waals surface area contributed by atoms with Crippen molar-refractivity contribution in [3.05, 3.63) is 76.6 Å². The second-order valence-corrected chi connectivity index (χ2v) is 7.73. The molecule has 4 rings (SSSR count). The van der Waals surface area contributed by atoms with Gasteiger partial charge in [0.05, 0.1) is 20.3 Å². The van der Waals surface area contributed by atoms with Crippen LogP contribution in [0, 0.1) is 13.8 Å². The summed E-state index contributed by atoms with van der Waals surface area (Å²) in [6.07, 6.45) is 1.66. The van der Waals surface area contributed by atoms with E-state index < -0.39 is 17.9 Å². The fraction of sp³-hybridized carbons (Fsp3) is 0.240. The van der Waals surface area contributed by atoms with Crippen LogP contribution in [0.1, 0.15) is 40.2 Å². The number of nitrogens with one attached hydrogen (secondary N) is 1. The molecule has 3 heterocycles. The Morgan fingerprint density at radius 3 is 2.53 bits per heavy atom. The molecule has 9 nitrogen and oxygen atoms in total. The molecule has 0 spiro atoms. The molecule has 1 fully saturated rings. The van der Waals surface area contributed by atoms with Crippen molar-refractivity contribution >= 4 is 24.0 Å². The highest BCUT2D eigenvalue weighted by atomic mass is 16.5. The van der Waals surface area contributed by atoms with Crippen molar-refractivity contribution in [2.45, 2.75) is 27.3 Å². The van der Waals surface area contributed by atoms with Crippen molar-refractivity contribution in [2.75, 3.05) is 13.7 Å². The van der Waals surface area contributed by atoms with E-state index in [-0.39, 0.29) is 18.0 Å². The van der Waals surface area contributed by atoms with Crippen LogP contribution in [0.25, 0.3) is 11.8 Å². The SMILES string of the molecule is CCOc1ccc(-n2c(C)cc(/C=C3\NC(=O)N(Cc4ccc(C(=O)OC)o4)C3=O)c2C)cc1. The monoisotopic (exact) mass is 463 g/mol. The molecule has 0 radical (unpaired) electrons. The molecule has 0 unspecified atom stereocenters. The molecule has 1 aliphatic heterocycles. The predicted octanol–water partition coefficient (Wildman–Crippen LogP) is 3.97. The largest absolute Gasteiger partial charge is 0.494 e. The molecule has 3 aromatic rings. The van der Waals surface area contributed by atoms with Gasteiger partial charge in [0.15, 0.2) is 0 Å². The van der Waals surface area contributed by atoms with Gasteiger partial charge in [-0.15, -0.1) is 0 Å². The number of furan rings is 1. The predicted molar refractivity (Wildman–Crippen MR) is 124 cm³/mol. The van der Waals surface area contributed by atoms with Gasteiger partial charge in [0.2, 0.25) is 5.76 Å². The summed E-state index contributed by atoms with van der Waals surface area (Å²) in [5.74, 6) is -0.0228. The summed E-state index contributed by atoms with van der Waals surface area (Å²) < 4.78 is 17.6. The molecule has 0 bridgehead atoms. The first kappa shape index (κ1) is 22.9. The zero-order chi connectivity index (χ0) is 24.4. The lowest BCUT2D eigenvalue weighted by Crippen LogP contribution is -2.30. The lowest BCUT2D eigenvalue weighted by Gasteiger charge is -2.11. The van der Waals surface area contributed by atoms with Gasteiger partial charge >= 0.3 is 12.0 Å². The highest BCUT2D eigenvalue weighted by Crippen LogP contribution is 2.26. The number of benzene rings is 1. The van der Waals surface area contributed by atoms with Crippen LogP contribution in [-0.4, -0.2) is 41.1 Å². The number of aromatic nitrogens is 1. The van der Waals surface area contributed by atoms with E-state index >= 15 is 0 Å². The number of amides is 3. The van der Waals surface area contributed by atoms with Gasteiger partial charge in [0.1, 0.15) is 17.2 Å². The molecule has 1 aromatic carbocycles. The Bertz CT molecular complexity index is 1280. The van der Waals surface area contributed by atoms with E-state index in [4.69, 9.17) is 9.15 Å². The van der Waals surface area contributed by atoms with Crippen LogP contribution < -0.4 is 10.1 Å². The molecule has 0 atom stereocenters. The summed E-state index contributed by atoms with van der Waals surface area (Å²) in [6.45, 7) is 6.35. The van der Waals surface area contributed by atoms with Crippen molar-refractivity contribution in [3.63, 3.8) is 0 Å². The second-order valence-electron chi connectivity index (χ2n) is 7.73. The van der Waals surface area contributed by atoms with Crippen molar-refractivity contribution in [1.82, 2.24) is 14.8 Å². The lowest BCUT2D eigenvalue weighted by atomic mass is 10.2. The van der Waals surface area contributed by atoms with Crippen molar-refractivity contribution < 1.29 is 28.3 Å². The average Bonchev–Trinajstić information content (AvgIpc) is 3.48. The molecular formula is C25H25N3O6. The Balaban J connectivity index is 1.56. The van der Waals surface area contributed by atoms with Crippen LogP contribution in [0.15, 0.2) is 52.6 Å². The van der Waals surface area contributed by atoms with E-state index in [2.05, 4.69) is 14.6 Å². The van der Waals surface area contributed by atoms with E-state index in [1.807, 2.05) is 51.1 Å². The smallest absolute Gasteiger partial charge is 0.373 e. The van der Waals surface area contributed by atoms with Crippen LogP contribution in [0.4, 0.5) is 4.79 Å². The summed E-state index contributed by atoms with van der Waals surface area (Å²) in [5, 5.41) is 2.62. The van der Waals surface area contributed by atoms with Gasteiger partial charge in [-0.05, 0) is 74.9 Å². The van der Waals surface area contributed by atoms with Crippen molar-refractivity contribution in [2.24, 2.45) is 0 Å². The number of hydrogen-bond donors (Lipinski definition) is 1. The van der Waals surface area contributed by atoms with Gasteiger partial charge in [-0.25, -0.2) is 9.59 Å². The number of carbonyl (C=O) groups is 3. The molecule has 1 saturated heterocycles. The fourth-order valence-corrected chi connectivity index (χ4v) is 3.89. The Morgan fingerprint density at radius 2 is 1.85 bits per heavy atom. The number of aryl methyl sites for hydroxylation is 1. The third-order valence-electron chi connectivity index (χ3n) is 5.50. The maximum Gasteiger partial charge on any atom is 0.373 e. The Labute approximate surface area is 196 Å². The quantitative estimate of drug-likeness (QED) is 0.323. The molecule has 3 amide bonds. The van der Waals surface area contributed by atoms with E-state index in [9.17, 15) is 14.4 Å². The van der Waals surface area contributed by atoms with Gasteiger partial charge in [0, 0.05) is 17.1 Å². The van der Waals surface area contributed by atoms with Gasteiger partial charge in [-0.1, -0.05) is 0 Å². The first-order valence-electron chi connectivity index (χ1n) is 10.8. The number of imide groups is 1. The second kappa shape index (κ2) is 9.30. The summed E-state index contributed by atoms with van der Waals surface area (Å²) in [7, 11) is 1.24. The molecule has 9 heteroatoms. The molecular weight excluding hydrogens is 438 g/mol. The minimum Gasteiger partial charge on any atom is -0.494 e. The number of esters is 1. The number of hydrogen-bond acceptors (Lipinski definition) is 6. The normalized spacial score (nSPS) is 14.6. The number of carbonyl (C=O) groups excluding carboxylic acids is 3. The van der Waals surface area contributed by atoms with E-state index in [1.54, 1.807) is 6.08 Å². The van der Waals surface area contributed by atoms with Gasteiger partial charge < -0.3 is 23.8 Å². The van der Waals surface area contributed by atoms with Crippen LogP contribution in [0.3, 0.4) is 0 Å². The number of rotatable bonds is 7. The third kappa shape index (κ3) is 4.32. The zero-order valence-electron chi connectivity index (χ0n) is 19.4. The molecule has 176 valence electrons. The highest BCUT2D eigenvalue weighted by Gasteiger charge is 2.34. The lowest BCUT2D eigenvalue weighted by molar-refractivity contribution is -0.123. The minimum atomic E-state index is -0.632. The highest BCUT2D eigenvalue weighted by molar-refractivity contribution is 6.13.